The summed E-state index contributed by atoms with van der Waals surface area (Å²) in [6.45, 7) is 4.65. The normalized spacial score (nSPS) is 10.1. The largest absolute Gasteiger partial charge is 0.494 e. The van der Waals surface area contributed by atoms with Gasteiger partial charge in [-0.25, -0.2) is 0 Å². The summed E-state index contributed by atoms with van der Waals surface area (Å²) in [4.78, 5) is 4.58. The highest BCUT2D eigenvalue weighted by molar-refractivity contribution is 5.94. The van der Waals surface area contributed by atoms with E-state index < -0.39 is 0 Å². The zero-order valence-electron chi connectivity index (χ0n) is 12.7. The van der Waals surface area contributed by atoms with E-state index in [1.165, 1.54) is 0 Å². The second kappa shape index (κ2) is 7.14. The number of rotatable bonds is 4. The highest BCUT2D eigenvalue weighted by Crippen LogP contribution is 2.29. The third-order valence-electron chi connectivity index (χ3n) is 3.27. The van der Waals surface area contributed by atoms with E-state index in [1.807, 2.05) is 62.4 Å². The summed E-state index contributed by atoms with van der Waals surface area (Å²) < 4.78 is 5.59. The number of aromatic nitrogens is 1. The first-order chi connectivity index (χ1) is 10.3. The van der Waals surface area contributed by atoms with Crippen molar-refractivity contribution in [1.29, 1.82) is 0 Å². The van der Waals surface area contributed by atoms with E-state index in [0.29, 0.717) is 6.61 Å². The van der Waals surface area contributed by atoms with Crippen molar-refractivity contribution < 1.29 is 4.74 Å². The second-order valence-electron chi connectivity index (χ2n) is 4.91. The molecule has 1 aromatic heterocycles. The summed E-state index contributed by atoms with van der Waals surface area (Å²) in [5.41, 5.74) is 4.07. The van der Waals surface area contributed by atoms with Crippen molar-refractivity contribution in [2.45, 2.75) is 13.8 Å². The Bertz CT molecular complexity index is 760. The van der Waals surface area contributed by atoms with Gasteiger partial charge in [0.1, 0.15) is 5.75 Å². The standard InChI is InChI=1S/C18H18N2O.ClH/c1-3-21-15-9-10-17-16(12-15)18(11-13(2)19-17)20-14-7-5-4-6-8-14;/h4-12H,3H2,1-2H3,(H,19,20);1H. The number of hydrogen-bond acceptors (Lipinski definition) is 3. The minimum Gasteiger partial charge on any atom is -0.494 e. The Morgan fingerprint density at radius 3 is 2.55 bits per heavy atom. The summed E-state index contributed by atoms with van der Waals surface area (Å²) in [5, 5.41) is 4.53. The average Bonchev–Trinajstić information content (AvgIpc) is 2.49. The number of benzene rings is 2. The van der Waals surface area contributed by atoms with Gasteiger partial charge in [-0.1, -0.05) is 18.2 Å². The Hall–Kier alpha value is -2.26. The van der Waals surface area contributed by atoms with Gasteiger partial charge in [0, 0.05) is 22.5 Å². The maximum Gasteiger partial charge on any atom is 0.120 e. The molecule has 1 heterocycles. The van der Waals surface area contributed by atoms with Gasteiger partial charge >= 0.3 is 0 Å². The summed E-state index contributed by atoms with van der Waals surface area (Å²) in [6, 6.07) is 18.2. The van der Waals surface area contributed by atoms with Gasteiger partial charge in [-0.05, 0) is 50.2 Å². The summed E-state index contributed by atoms with van der Waals surface area (Å²) in [7, 11) is 0. The lowest BCUT2D eigenvalue weighted by Crippen LogP contribution is -1.96. The summed E-state index contributed by atoms with van der Waals surface area (Å²) in [5.74, 6) is 0.867. The SMILES string of the molecule is CCOc1ccc2nc(C)cc(Nc3ccccc3)c2c1.Cl. The molecule has 0 fully saturated rings. The molecule has 0 aliphatic heterocycles. The quantitative estimate of drug-likeness (QED) is 0.727. The number of nitrogens with zero attached hydrogens (tertiary/aromatic N) is 1. The Morgan fingerprint density at radius 1 is 1.05 bits per heavy atom. The van der Waals surface area contributed by atoms with E-state index in [-0.39, 0.29) is 12.4 Å². The van der Waals surface area contributed by atoms with Gasteiger partial charge in [0.15, 0.2) is 0 Å². The van der Waals surface area contributed by atoms with Crippen molar-refractivity contribution in [3.8, 4) is 5.75 Å². The predicted octanol–water partition coefficient (Wildman–Crippen LogP) is 5.11. The maximum absolute atomic E-state index is 5.59. The Labute approximate surface area is 136 Å². The fraction of sp³-hybridized carbons (Fsp3) is 0.167. The third kappa shape index (κ3) is 3.49. The molecule has 0 atom stereocenters. The molecule has 22 heavy (non-hydrogen) atoms. The van der Waals surface area contributed by atoms with E-state index in [9.17, 15) is 0 Å². The number of anilines is 2. The molecule has 0 unspecified atom stereocenters. The first kappa shape index (κ1) is 16.1. The van der Waals surface area contributed by atoms with Crippen LogP contribution in [0.3, 0.4) is 0 Å². The fourth-order valence-electron chi connectivity index (χ4n) is 2.37. The van der Waals surface area contributed by atoms with Crippen LogP contribution in [0, 0.1) is 6.92 Å². The molecule has 0 amide bonds. The van der Waals surface area contributed by atoms with Crippen LogP contribution in [0.15, 0.2) is 54.6 Å². The molecule has 0 aliphatic carbocycles. The lowest BCUT2D eigenvalue weighted by molar-refractivity contribution is 0.340. The minimum atomic E-state index is 0. The molecule has 0 saturated carbocycles. The highest BCUT2D eigenvalue weighted by atomic mass is 35.5. The van der Waals surface area contributed by atoms with E-state index >= 15 is 0 Å². The second-order valence-corrected chi connectivity index (χ2v) is 4.91. The number of ether oxygens (including phenoxy) is 1. The Morgan fingerprint density at radius 2 is 1.82 bits per heavy atom. The lowest BCUT2D eigenvalue weighted by atomic mass is 10.1. The number of aryl methyl sites for hydroxylation is 1. The molecule has 1 N–H and O–H groups in total. The van der Waals surface area contributed by atoms with Crippen LogP contribution in [-0.2, 0) is 0 Å². The molecule has 3 rings (SSSR count). The molecular formula is C18H19ClN2O. The lowest BCUT2D eigenvalue weighted by Gasteiger charge is -2.12. The number of nitrogens with one attached hydrogen (secondary N) is 1. The fourth-order valence-corrected chi connectivity index (χ4v) is 2.37. The van der Waals surface area contributed by atoms with Crippen molar-refractivity contribution in [3.63, 3.8) is 0 Å². The molecule has 3 nitrogen and oxygen atoms in total. The third-order valence-corrected chi connectivity index (χ3v) is 3.27. The molecule has 4 heteroatoms. The van der Waals surface area contributed by atoms with Crippen molar-refractivity contribution in [3.05, 3.63) is 60.3 Å². The molecule has 0 aliphatic rings. The van der Waals surface area contributed by atoms with Crippen molar-refractivity contribution in [1.82, 2.24) is 4.98 Å². The molecule has 0 spiro atoms. The van der Waals surface area contributed by atoms with Crippen LogP contribution in [0.5, 0.6) is 5.75 Å². The van der Waals surface area contributed by atoms with Crippen LogP contribution in [0.4, 0.5) is 11.4 Å². The van der Waals surface area contributed by atoms with Gasteiger partial charge in [0.25, 0.3) is 0 Å². The smallest absolute Gasteiger partial charge is 0.120 e. The first-order valence-corrected chi connectivity index (χ1v) is 7.12. The Kier molecular flexibility index (Phi) is 5.23. The van der Waals surface area contributed by atoms with Crippen LogP contribution >= 0.6 is 12.4 Å². The maximum atomic E-state index is 5.59. The number of para-hydroxylation sites is 1. The van der Waals surface area contributed by atoms with E-state index in [4.69, 9.17) is 4.74 Å². The molecule has 114 valence electrons. The number of halogens is 1. The predicted molar refractivity (Wildman–Crippen MR) is 94.6 cm³/mol. The van der Waals surface area contributed by atoms with Crippen LogP contribution in [0.2, 0.25) is 0 Å². The van der Waals surface area contributed by atoms with Gasteiger partial charge in [-0.2, -0.15) is 0 Å². The molecular weight excluding hydrogens is 296 g/mol. The van der Waals surface area contributed by atoms with Gasteiger partial charge in [0.05, 0.1) is 12.1 Å². The van der Waals surface area contributed by atoms with E-state index in [2.05, 4.69) is 16.4 Å². The van der Waals surface area contributed by atoms with E-state index in [1.54, 1.807) is 0 Å². The molecule has 0 radical (unpaired) electrons. The van der Waals surface area contributed by atoms with Crippen LogP contribution < -0.4 is 10.1 Å². The van der Waals surface area contributed by atoms with Gasteiger partial charge in [-0.15, -0.1) is 12.4 Å². The van der Waals surface area contributed by atoms with Gasteiger partial charge < -0.3 is 10.1 Å². The molecule has 3 aromatic rings. The molecule has 0 saturated heterocycles. The number of fused-ring (bicyclic) bond motifs is 1. The Balaban J connectivity index is 0.00000176. The monoisotopic (exact) mass is 314 g/mol. The number of hydrogen-bond donors (Lipinski definition) is 1. The molecule has 0 bridgehead atoms. The zero-order valence-corrected chi connectivity index (χ0v) is 13.5. The summed E-state index contributed by atoms with van der Waals surface area (Å²) >= 11 is 0. The van der Waals surface area contributed by atoms with E-state index in [0.717, 1.165) is 33.7 Å². The van der Waals surface area contributed by atoms with Gasteiger partial charge in [-0.3, -0.25) is 4.98 Å². The zero-order chi connectivity index (χ0) is 14.7. The van der Waals surface area contributed by atoms with Crippen LogP contribution in [0.1, 0.15) is 12.6 Å². The number of pyridine rings is 1. The topological polar surface area (TPSA) is 34.1 Å². The van der Waals surface area contributed by atoms with Crippen LogP contribution in [-0.4, -0.2) is 11.6 Å². The van der Waals surface area contributed by atoms with Crippen molar-refractivity contribution in [2.24, 2.45) is 0 Å². The van der Waals surface area contributed by atoms with Crippen molar-refractivity contribution >= 4 is 34.7 Å². The van der Waals surface area contributed by atoms with Crippen molar-refractivity contribution in [2.75, 3.05) is 11.9 Å². The minimum absolute atomic E-state index is 0. The average molecular weight is 315 g/mol. The van der Waals surface area contributed by atoms with Crippen LogP contribution in [0.25, 0.3) is 10.9 Å². The molecule has 2 aromatic carbocycles. The summed E-state index contributed by atoms with van der Waals surface area (Å²) in [6.07, 6.45) is 0. The highest BCUT2D eigenvalue weighted by Gasteiger charge is 2.06. The first-order valence-electron chi connectivity index (χ1n) is 7.12. The van der Waals surface area contributed by atoms with Gasteiger partial charge in [0.2, 0.25) is 0 Å².